The predicted octanol–water partition coefficient (Wildman–Crippen LogP) is 3.21. The van der Waals surface area contributed by atoms with Gasteiger partial charge in [-0.05, 0) is 19.4 Å². The van der Waals surface area contributed by atoms with Crippen LogP contribution in [0.15, 0.2) is 24.3 Å². The van der Waals surface area contributed by atoms with Crippen molar-refractivity contribution in [1.29, 1.82) is 0 Å². The summed E-state index contributed by atoms with van der Waals surface area (Å²) in [5, 5.41) is 0. The van der Waals surface area contributed by atoms with Crippen molar-refractivity contribution >= 4 is 18.2 Å². The molecular formula is C14H14N2O2S. The van der Waals surface area contributed by atoms with Gasteiger partial charge in [-0.3, -0.25) is 0 Å². The number of H-pyrrole nitrogens is 1. The van der Waals surface area contributed by atoms with Gasteiger partial charge in [0.25, 0.3) is 0 Å². The standard InChI is InChI=1S/C14H14N2O2S/c1-8-6-4-5-7-10(8)12-15-9(2)11(13(19)16-12)14(17)18-3/h4-7H,1-3H3,(H,15,16,19). The van der Waals surface area contributed by atoms with Crippen LogP contribution in [-0.4, -0.2) is 23.0 Å². The number of carbonyl (C=O) groups excluding carboxylic acids is 1. The Morgan fingerprint density at radius 2 is 2.00 bits per heavy atom. The highest BCUT2D eigenvalue weighted by Crippen LogP contribution is 2.21. The molecule has 2 rings (SSSR count). The summed E-state index contributed by atoms with van der Waals surface area (Å²) in [6, 6.07) is 7.85. The smallest absolute Gasteiger partial charge is 0.342 e. The molecule has 0 radical (unpaired) electrons. The van der Waals surface area contributed by atoms with Crippen molar-refractivity contribution in [1.82, 2.24) is 9.97 Å². The molecule has 0 bridgehead atoms. The number of benzene rings is 1. The Morgan fingerprint density at radius 1 is 1.32 bits per heavy atom. The average molecular weight is 274 g/mol. The number of aromatic amines is 1. The number of hydrogen-bond donors (Lipinski definition) is 1. The summed E-state index contributed by atoms with van der Waals surface area (Å²) >= 11 is 5.18. The zero-order chi connectivity index (χ0) is 14.0. The molecule has 5 heteroatoms. The van der Waals surface area contributed by atoms with Gasteiger partial charge in [-0.15, -0.1) is 0 Å². The van der Waals surface area contributed by atoms with E-state index in [1.807, 2.05) is 31.2 Å². The van der Waals surface area contributed by atoms with E-state index in [9.17, 15) is 4.79 Å². The summed E-state index contributed by atoms with van der Waals surface area (Å²) in [6.45, 7) is 3.78. The van der Waals surface area contributed by atoms with Gasteiger partial charge in [-0.25, -0.2) is 9.78 Å². The van der Waals surface area contributed by atoms with Gasteiger partial charge in [-0.1, -0.05) is 36.5 Å². The van der Waals surface area contributed by atoms with E-state index in [1.165, 1.54) is 7.11 Å². The van der Waals surface area contributed by atoms with Crippen molar-refractivity contribution in [2.24, 2.45) is 0 Å². The monoisotopic (exact) mass is 274 g/mol. The Labute approximate surface area is 116 Å². The lowest BCUT2D eigenvalue weighted by Gasteiger charge is -2.09. The number of methoxy groups -OCH3 is 1. The van der Waals surface area contributed by atoms with Gasteiger partial charge in [0.05, 0.1) is 7.11 Å². The van der Waals surface area contributed by atoms with E-state index in [-0.39, 0.29) is 4.64 Å². The molecule has 0 aliphatic carbocycles. The Bertz CT molecular complexity index is 692. The fourth-order valence-corrected chi connectivity index (χ4v) is 2.22. The summed E-state index contributed by atoms with van der Waals surface area (Å²) in [5.41, 5.74) is 3.03. The molecule has 0 saturated heterocycles. The third-order valence-corrected chi connectivity index (χ3v) is 3.19. The molecule has 98 valence electrons. The average Bonchev–Trinajstić information content (AvgIpc) is 2.38. The minimum atomic E-state index is -0.470. The molecule has 19 heavy (non-hydrogen) atoms. The van der Waals surface area contributed by atoms with Crippen molar-refractivity contribution in [3.8, 4) is 11.4 Å². The fraction of sp³-hybridized carbons (Fsp3) is 0.214. The van der Waals surface area contributed by atoms with Crippen LogP contribution in [0.3, 0.4) is 0 Å². The van der Waals surface area contributed by atoms with Gasteiger partial charge in [0.15, 0.2) is 0 Å². The highest BCUT2D eigenvalue weighted by atomic mass is 32.1. The molecule has 0 unspecified atom stereocenters. The topological polar surface area (TPSA) is 55.0 Å². The number of nitrogens with one attached hydrogen (secondary N) is 1. The van der Waals surface area contributed by atoms with Crippen molar-refractivity contribution in [3.05, 3.63) is 45.7 Å². The van der Waals surface area contributed by atoms with Gasteiger partial charge >= 0.3 is 5.97 Å². The van der Waals surface area contributed by atoms with Crippen molar-refractivity contribution in [3.63, 3.8) is 0 Å². The maximum absolute atomic E-state index is 11.6. The number of aryl methyl sites for hydroxylation is 2. The first-order chi connectivity index (χ1) is 9.04. The lowest BCUT2D eigenvalue weighted by molar-refractivity contribution is 0.0598. The predicted molar refractivity (Wildman–Crippen MR) is 75.7 cm³/mol. The third-order valence-electron chi connectivity index (χ3n) is 2.90. The SMILES string of the molecule is COC(=O)c1c(C)[nH]c(-c2ccccc2C)nc1=S. The van der Waals surface area contributed by atoms with Gasteiger partial charge in [0.1, 0.15) is 16.0 Å². The maximum atomic E-state index is 11.6. The highest BCUT2D eigenvalue weighted by molar-refractivity contribution is 7.71. The summed E-state index contributed by atoms with van der Waals surface area (Å²) in [7, 11) is 1.33. The zero-order valence-electron chi connectivity index (χ0n) is 11.0. The number of esters is 1. The van der Waals surface area contributed by atoms with E-state index < -0.39 is 5.97 Å². The molecular weight excluding hydrogens is 260 g/mol. The molecule has 0 amide bonds. The number of hydrogen-bond acceptors (Lipinski definition) is 4. The van der Waals surface area contributed by atoms with Gasteiger partial charge in [0, 0.05) is 11.3 Å². The van der Waals surface area contributed by atoms with Crippen LogP contribution in [0.1, 0.15) is 21.6 Å². The molecule has 0 aliphatic rings. The highest BCUT2D eigenvalue weighted by Gasteiger charge is 2.15. The molecule has 2 aromatic rings. The van der Waals surface area contributed by atoms with Crippen LogP contribution in [0, 0.1) is 18.5 Å². The lowest BCUT2D eigenvalue weighted by atomic mass is 10.1. The van der Waals surface area contributed by atoms with E-state index in [2.05, 4.69) is 9.97 Å². The van der Waals surface area contributed by atoms with Crippen LogP contribution in [0.25, 0.3) is 11.4 Å². The molecule has 1 N–H and O–H groups in total. The minimum absolute atomic E-state index is 0.251. The van der Waals surface area contributed by atoms with Crippen LogP contribution in [0.2, 0.25) is 0 Å². The minimum Gasteiger partial charge on any atom is -0.465 e. The van der Waals surface area contributed by atoms with Gasteiger partial charge in [-0.2, -0.15) is 0 Å². The molecule has 1 aromatic carbocycles. The molecule has 1 aromatic heterocycles. The molecule has 0 spiro atoms. The summed E-state index contributed by atoms with van der Waals surface area (Å²) in [4.78, 5) is 19.0. The van der Waals surface area contributed by atoms with Crippen LogP contribution in [0.4, 0.5) is 0 Å². The summed E-state index contributed by atoms with van der Waals surface area (Å²) in [5.74, 6) is 0.191. The van der Waals surface area contributed by atoms with E-state index in [4.69, 9.17) is 17.0 Å². The number of carbonyl (C=O) groups is 1. The largest absolute Gasteiger partial charge is 0.465 e. The number of ether oxygens (including phenoxy) is 1. The van der Waals surface area contributed by atoms with E-state index in [1.54, 1.807) is 6.92 Å². The van der Waals surface area contributed by atoms with Crippen LogP contribution in [0.5, 0.6) is 0 Å². The van der Waals surface area contributed by atoms with E-state index >= 15 is 0 Å². The van der Waals surface area contributed by atoms with Crippen LogP contribution in [-0.2, 0) is 4.74 Å². The summed E-state index contributed by atoms with van der Waals surface area (Å²) < 4.78 is 4.95. The van der Waals surface area contributed by atoms with Crippen molar-refractivity contribution in [2.75, 3.05) is 7.11 Å². The Hall–Kier alpha value is -2.01. The Morgan fingerprint density at radius 3 is 2.58 bits per heavy atom. The van der Waals surface area contributed by atoms with E-state index in [0.29, 0.717) is 17.1 Å². The first-order valence-corrected chi connectivity index (χ1v) is 6.20. The molecule has 1 heterocycles. The van der Waals surface area contributed by atoms with Crippen LogP contribution >= 0.6 is 12.2 Å². The number of aromatic nitrogens is 2. The third kappa shape index (κ3) is 2.56. The lowest BCUT2D eigenvalue weighted by Crippen LogP contribution is -2.09. The second-order valence-electron chi connectivity index (χ2n) is 4.20. The quantitative estimate of drug-likeness (QED) is 0.675. The molecule has 4 nitrogen and oxygen atoms in total. The molecule has 0 saturated carbocycles. The molecule has 0 fully saturated rings. The molecule has 0 atom stereocenters. The fourth-order valence-electron chi connectivity index (χ4n) is 1.89. The number of rotatable bonds is 2. The molecule has 0 aliphatic heterocycles. The zero-order valence-corrected chi connectivity index (χ0v) is 11.8. The van der Waals surface area contributed by atoms with Gasteiger partial charge in [0.2, 0.25) is 0 Å². The number of nitrogens with zero attached hydrogens (tertiary/aromatic N) is 1. The Balaban J connectivity index is 2.62. The Kier molecular flexibility index (Phi) is 3.76. The van der Waals surface area contributed by atoms with Crippen molar-refractivity contribution in [2.45, 2.75) is 13.8 Å². The van der Waals surface area contributed by atoms with Crippen molar-refractivity contribution < 1.29 is 9.53 Å². The normalized spacial score (nSPS) is 10.3. The first-order valence-electron chi connectivity index (χ1n) is 5.80. The van der Waals surface area contributed by atoms with Gasteiger partial charge < -0.3 is 9.72 Å². The second-order valence-corrected chi connectivity index (χ2v) is 4.58. The first kappa shape index (κ1) is 13.4. The van der Waals surface area contributed by atoms with Crippen LogP contribution < -0.4 is 0 Å². The van der Waals surface area contributed by atoms with E-state index in [0.717, 1.165) is 11.1 Å². The second kappa shape index (κ2) is 5.32. The summed E-state index contributed by atoms with van der Waals surface area (Å²) in [6.07, 6.45) is 0. The maximum Gasteiger partial charge on any atom is 0.342 e.